The Balaban J connectivity index is 1.24. The summed E-state index contributed by atoms with van der Waals surface area (Å²) in [6.45, 7) is 5.27. The molecule has 2 aromatic carbocycles. The fraction of sp³-hybridized carbons (Fsp3) is 0.438. The van der Waals surface area contributed by atoms with Crippen LogP contribution in [0, 0.1) is 0 Å². The predicted molar refractivity (Wildman–Crippen MR) is 149 cm³/mol. The highest BCUT2D eigenvalue weighted by Gasteiger charge is 2.28. The maximum atomic E-state index is 6.47. The van der Waals surface area contributed by atoms with Gasteiger partial charge in [-0.3, -0.25) is 4.90 Å². The summed E-state index contributed by atoms with van der Waals surface area (Å²) in [5.74, 6) is 3.44. The molecule has 6 rings (SSSR count). The number of hydrogen-bond acceptors (Lipinski definition) is 6. The zero-order chi connectivity index (χ0) is 25.9. The fourth-order valence-electron chi connectivity index (χ4n) is 5.96. The second-order valence-corrected chi connectivity index (χ2v) is 10.3. The van der Waals surface area contributed by atoms with Gasteiger partial charge in [-0.1, -0.05) is 24.6 Å². The van der Waals surface area contributed by atoms with Crippen molar-refractivity contribution in [1.82, 2.24) is 4.90 Å². The maximum Gasteiger partial charge on any atom is 0.134 e. The maximum absolute atomic E-state index is 6.47. The van der Waals surface area contributed by atoms with Crippen molar-refractivity contribution >= 4 is 17.7 Å². The van der Waals surface area contributed by atoms with Crippen LogP contribution < -0.4 is 24.6 Å². The van der Waals surface area contributed by atoms with Crippen molar-refractivity contribution in [2.75, 3.05) is 53.7 Å². The van der Waals surface area contributed by atoms with Gasteiger partial charge >= 0.3 is 0 Å². The van der Waals surface area contributed by atoms with Gasteiger partial charge in [-0.15, -0.1) is 0 Å². The summed E-state index contributed by atoms with van der Waals surface area (Å²) in [6, 6.07) is 10.5. The normalized spacial score (nSPS) is 20.9. The van der Waals surface area contributed by atoms with Gasteiger partial charge in [0.2, 0.25) is 0 Å². The molecule has 3 heterocycles. The predicted octanol–water partition coefficient (Wildman–Crippen LogP) is 4.36. The third-order valence-electron chi connectivity index (χ3n) is 8.00. The zero-order valence-electron chi connectivity index (χ0n) is 22.5. The lowest BCUT2D eigenvalue weighted by atomic mass is 9.91. The Hall–Kier alpha value is -3.22. The quantitative estimate of drug-likeness (QED) is 0.546. The highest BCUT2D eigenvalue weighted by atomic mass is 16.5. The van der Waals surface area contributed by atoms with Crippen LogP contribution in [0.4, 0.5) is 0 Å². The van der Waals surface area contributed by atoms with Gasteiger partial charge in [0, 0.05) is 35.4 Å². The van der Waals surface area contributed by atoms with Crippen molar-refractivity contribution in [1.29, 1.82) is 0 Å². The number of nitrogens with zero attached hydrogens (tertiary/aromatic N) is 1. The minimum absolute atomic E-state index is 0.0414. The summed E-state index contributed by atoms with van der Waals surface area (Å²) >= 11 is 0. The van der Waals surface area contributed by atoms with Crippen LogP contribution in [0.1, 0.15) is 49.3 Å². The Labute approximate surface area is 224 Å². The summed E-state index contributed by atoms with van der Waals surface area (Å²) in [5, 5.41) is 2.10. The summed E-state index contributed by atoms with van der Waals surface area (Å²) in [7, 11) is 3.44. The molecule has 2 fully saturated rings. The Bertz CT molecular complexity index is 1350. The molecular formula is C32H37NO5. The number of piperidine rings is 1. The second kappa shape index (κ2) is 11.3. The van der Waals surface area contributed by atoms with Gasteiger partial charge in [0.1, 0.15) is 29.6 Å². The van der Waals surface area contributed by atoms with E-state index in [1.165, 1.54) is 37.9 Å². The van der Waals surface area contributed by atoms with Crippen molar-refractivity contribution < 1.29 is 23.7 Å². The van der Waals surface area contributed by atoms with Crippen molar-refractivity contribution in [3.05, 3.63) is 69.3 Å². The van der Waals surface area contributed by atoms with Crippen LogP contribution in [-0.4, -0.2) is 58.6 Å². The third-order valence-corrected chi connectivity index (χ3v) is 8.00. The molecule has 0 amide bonds. The number of likely N-dealkylation sites (tertiary alicyclic amines) is 1. The molecule has 0 bridgehead atoms. The molecule has 0 spiro atoms. The minimum atomic E-state index is -0.0414. The molecule has 200 valence electrons. The van der Waals surface area contributed by atoms with E-state index in [1.54, 1.807) is 14.2 Å². The van der Waals surface area contributed by atoms with Gasteiger partial charge < -0.3 is 23.7 Å². The Morgan fingerprint density at radius 2 is 1.84 bits per heavy atom. The van der Waals surface area contributed by atoms with Gasteiger partial charge in [-0.2, -0.15) is 0 Å². The molecule has 38 heavy (non-hydrogen) atoms. The van der Waals surface area contributed by atoms with Crippen LogP contribution in [0.25, 0.3) is 17.7 Å². The zero-order valence-corrected chi connectivity index (χ0v) is 22.5. The van der Waals surface area contributed by atoms with Crippen LogP contribution in [0.3, 0.4) is 0 Å². The van der Waals surface area contributed by atoms with Crippen LogP contribution in [0.15, 0.2) is 47.7 Å². The van der Waals surface area contributed by atoms with E-state index >= 15 is 0 Å². The number of fused-ring (bicyclic) bond motifs is 4. The standard InChI is InChI=1S/C32H37NO5/c1-34-26-17-24-19-29(22-8-10-25(11-9-22)36-16-14-33-12-4-3-5-13-33)38-21-28(24)31-27(20-26)32-23(7-6-15-37-32)18-30(31)35-2/h7-11,17-18,20,29H,3-6,12-16,19,21H2,1-2H3/t29-/m1/s1. The summed E-state index contributed by atoms with van der Waals surface area (Å²) in [5.41, 5.74) is 4.48. The average molecular weight is 516 g/mol. The average Bonchev–Trinajstić information content (AvgIpc) is 3.14. The first-order valence-corrected chi connectivity index (χ1v) is 13.8. The number of hydrogen-bond donors (Lipinski definition) is 0. The number of methoxy groups -OCH3 is 2. The van der Waals surface area contributed by atoms with Gasteiger partial charge in [0.05, 0.1) is 33.5 Å². The lowest BCUT2D eigenvalue weighted by Gasteiger charge is -2.28. The molecule has 0 radical (unpaired) electrons. The molecular weight excluding hydrogens is 478 g/mol. The molecule has 6 heteroatoms. The van der Waals surface area contributed by atoms with Gasteiger partial charge in [0.25, 0.3) is 0 Å². The first-order valence-electron chi connectivity index (χ1n) is 13.8. The Morgan fingerprint density at radius 3 is 2.63 bits per heavy atom. The number of ether oxygens (including phenoxy) is 5. The van der Waals surface area contributed by atoms with Crippen molar-refractivity contribution in [3.8, 4) is 17.2 Å². The molecule has 0 saturated carbocycles. The monoisotopic (exact) mass is 515 g/mol. The lowest BCUT2D eigenvalue weighted by Crippen LogP contribution is -2.33. The minimum Gasteiger partial charge on any atom is -0.497 e. The van der Waals surface area contributed by atoms with E-state index in [0.717, 1.165) is 76.1 Å². The molecule has 1 atom stereocenters. The largest absolute Gasteiger partial charge is 0.497 e. The van der Waals surface area contributed by atoms with Crippen molar-refractivity contribution in [3.63, 3.8) is 0 Å². The molecule has 6 nitrogen and oxygen atoms in total. The number of benzene rings is 2. The van der Waals surface area contributed by atoms with Crippen LogP contribution in [0.5, 0.6) is 17.2 Å². The fourth-order valence-corrected chi connectivity index (χ4v) is 5.96. The van der Waals surface area contributed by atoms with E-state index in [1.807, 2.05) is 0 Å². The lowest BCUT2D eigenvalue weighted by molar-refractivity contribution is 0.0672. The smallest absolute Gasteiger partial charge is 0.134 e. The Morgan fingerprint density at radius 1 is 1.00 bits per heavy atom. The highest BCUT2D eigenvalue weighted by Crippen LogP contribution is 2.38. The van der Waals surface area contributed by atoms with Gasteiger partial charge in [0.15, 0.2) is 0 Å². The first-order chi connectivity index (χ1) is 18.7. The van der Waals surface area contributed by atoms with Gasteiger partial charge in [-0.25, -0.2) is 0 Å². The topological polar surface area (TPSA) is 49.4 Å². The third kappa shape index (κ3) is 5.07. The first kappa shape index (κ1) is 25.1. The summed E-state index contributed by atoms with van der Waals surface area (Å²) in [4.78, 5) is 2.50. The van der Waals surface area contributed by atoms with Crippen LogP contribution in [0.2, 0.25) is 0 Å². The molecule has 4 aliphatic rings. The van der Waals surface area contributed by atoms with E-state index in [-0.39, 0.29) is 6.10 Å². The number of rotatable bonds is 7. The molecule has 0 N–H and O–H groups in total. The molecule has 2 saturated heterocycles. The van der Waals surface area contributed by atoms with E-state index in [9.17, 15) is 0 Å². The Kier molecular flexibility index (Phi) is 7.43. The molecule has 1 aliphatic carbocycles. The SMILES string of the molecule is COC1=Cc2c3c(cc(OC)c2=C2CO[C@@H](c4ccc(OCCN5CCCCC5)cc4)CC2=C1)=CCCO3. The van der Waals surface area contributed by atoms with Gasteiger partial charge in [-0.05, 0) is 73.0 Å². The van der Waals surface area contributed by atoms with Crippen LogP contribution >= 0.6 is 0 Å². The molecule has 3 aliphatic heterocycles. The number of allylic oxidation sites excluding steroid dienone is 1. The van der Waals surface area contributed by atoms with Crippen molar-refractivity contribution in [2.45, 2.75) is 38.2 Å². The molecule has 0 aromatic heterocycles. The molecule has 0 unspecified atom stereocenters. The van der Waals surface area contributed by atoms with Crippen LogP contribution in [-0.2, 0) is 9.47 Å². The van der Waals surface area contributed by atoms with E-state index in [2.05, 4.69) is 53.5 Å². The van der Waals surface area contributed by atoms with E-state index in [0.29, 0.717) is 13.2 Å². The van der Waals surface area contributed by atoms with E-state index in [4.69, 9.17) is 23.7 Å². The van der Waals surface area contributed by atoms with E-state index < -0.39 is 0 Å². The highest BCUT2D eigenvalue weighted by molar-refractivity contribution is 5.79. The second-order valence-electron chi connectivity index (χ2n) is 10.3. The molecule has 2 aromatic rings. The van der Waals surface area contributed by atoms with Crippen molar-refractivity contribution in [2.24, 2.45) is 0 Å². The summed E-state index contributed by atoms with van der Waals surface area (Å²) < 4.78 is 30.3. The summed E-state index contributed by atoms with van der Waals surface area (Å²) in [6.07, 6.45) is 12.0.